The van der Waals surface area contributed by atoms with Crippen LogP contribution >= 0.6 is 0 Å². The Balaban J connectivity index is 1.35. The Morgan fingerprint density at radius 3 is 1.89 bits per heavy atom. The third-order valence-corrected chi connectivity index (χ3v) is 7.18. The quantitative estimate of drug-likeness (QED) is 0.319. The van der Waals surface area contributed by atoms with Crippen LogP contribution in [0, 0.1) is 0 Å². The molecule has 0 amide bonds. The summed E-state index contributed by atoms with van der Waals surface area (Å²) < 4.78 is 32.6. The van der Waals surface area contributed by atoms with Gasteiger partial charge in [0.1, 0.15) is 12.2 Å². The highest BCUT2D eigenvalue weighted by Gasteiger charge is 2.51. The maximum atomic E-state index is 6.75. The van der Waals surface area contributed by atoms with E-state index < -0.39 is 5.79 Å². The molecule has 0 aromatic heterocycles. The van der Waals surface area contributed by atoms with E-state index in [0.717, 1.165) is 36.0 Å². The first-order chi connectivity index (χ1) is 18.2. The van der Waals surface area contributed by atoms with E-state index in [0.29, 0.717) is 32.8 Å². The van der Waals surface area contributed by atoms with Gasteiger partial charge < -0.3 is 23.7 Å². The lowest BCUT2D eigenvalue weighted by Gasteiger charge is -2.50. The summed E-state index contributed by atoms with van der Waals surface area (Å²) >= 11 is 0. The van der Waals surface area contributed by atoms with Crippen LogP contribution in [0.5, 0.6) is 0 Å². The molecule has 0 N–H and O–H groups in total. The van der Waals surface area contributed by atoms with Crippen LogP contribution < -0.4 is 0 Å². The van der Waals surface area contributed by atoms with E-state index in [-0.39, 0.29) is 24.4 Å². The van der Waals surface area contributed by atoms with E-state index in [1.165, 1.54) is 0 Å². The molecule has 3 aromatic rings. The molecule has 5 rings (SSSR count). The van der Waals surface area contributed by atoms with Gasteiger partial charge in [-0.25, -0.2) is 0 Å². The summed E-state index contributed by atoms with van der Waals surface area (Å²) in [5, 5.41) is 0. The van der Waals surface area contributed by atoms with Gasteiger partial charge in [-0.3, -0.25) is 0 Å². The van der Waals surface area contributed by atoms with Crippen LogP contribution in [0.2, 0.25) is 0 Å². The minimum atomic E-state index is -0.674. The fourth-order valence-corrected chi connectivity index (χ4v) is 5.34. The van der Waals surface area contributed by atoms with Crippen LogP contribution in [-0.4, -0.2) is 36.8 Å². The van der Waals surface area contributed by atoms with Gasteiger partial charge in [-0.2, -0.15) is 0 Å². The molecule has 0 unspecified atom stereocenters. The molecule has 0 saturated carbocycles. The SMILES string of the molecule is C[C@H]1CCC[C@]2(C[C@@H](OCc3ccccc3)[C@H](OCc3ccccc3)[C@@H](COCc3ccccc3)O2)O1. The van der Waals surface area contributed by atoms with E-state index in [9.17, 15) is 0 Å². The average Bonchev–Trinajstić information content (AvgIpc) is 2.93. The lowest BCUT2D eigenvalue weighted by atomic mass is 9.89. The average molecular weight is 503 g/mol. The van der Waals surface area contributed by atoms with Crippen molar-refractivity contribution in [1.29, 1.82) is 0 Å². The van der Waals surface area contributed by atoms with E-state index >= 15 is 0 Å². The van der Waals surface area contributed by atoms with Crippen molar-refractivity contribution in [3.05, 3.63) is 108 Å². The summed E-state index contributed by atoms with van der Waals surface area (Å²) in [6.45, 7) is 4.05. The van der Waals surface area contributed by atoms with Crippen LogP contribution in [0.4, 0.5) is 0 Å². The summed E-state index contributed by atoms with van der Waals surface area (Å²) in [5.41, 5.74) is 3.39. The molecule has 196 valence electrons. The van der Waals surface area contributed by atoms with Gasteiger partial charge in [0, 0.05) is 12.8 Å². The van der Waals surface area contributed by atoms with Gasteiger partial charge >= 0.3 is 0 Å². The van der Waals surface area contributed by atoms with Gasteiger partial charge in [-0.1, -0.05) is 91.0 Å². The molecule has 2 aliphatic rings. The van der Waals surface area contributed by atoms with Gasteiger partial charge in [0.15, 0.2) is 5.79 Å². The molecular weight excluding hydrogens is 464 g/mol. The van der Waals surface area contributed by atoms with Crippen molar-refractivity contribution in [3.63, 3.8) is 0 Å². The molecule has 5 nitrogen and oxygen atoms in total. The molecule has 3 aromatic carbocycles. The van der Waals surface area contributed by atoms with Crippen LogP contribution in [0.1, 0.15) is 49.3 Å². The monoisotopic (exact) mass is 502 g/mol. The zero-order valence-electron chi connectivity index (χ0n) is 21.7. The van der Waals surface area contributed by atoms with Gasteiger partial charge in [0.25, 0.3) is 0 Å². The second-order valence-electron chi connectivity index (χ2n) is 10.2. The molecule has 1 spiro atoms. The Kier molecular flexibility index (Phi) is 9.03. The first kappa shape index (κ1) is 26.1. The molecule has 2 heterocycles. The molecular formula is C32H38O5. The summed E-state index contributed by atoms with van der Waals surface area (Å²) in [6, 6.07) is 30.8. The molecule has 5 atom stereocenters. The van der Waals surface area contributed by atoms with Gasteiger partial charge in [0.05, 0.1) is 38.6 Å². The van der Waals surface area contributed by atoms with Crippen molar-refractivity contribution < 1.29 is 23.7 Å². The van der Waals surface area contributed by atoms with Crippen molar-refractivity contribution in [2.45, 2.75) is 82.6 Å². The minimum absolute atomic E-state index is 0.149. The summed E-state index contributed by atoms with van der Waals surface area (Å²) in [6.07, 6.45) is 2.97. The molecule has 0 aliphatic carbocycles. The fraction of sp³-hybridized carbons (Fsp3) is 0.438. The zero-order valence-corrected chi connectivity index (χ0v) is 21.7. The number of hydrogen-bond donors (Lipinski definition) is 0. The lowest BCUT2D eigenvalue weighted by Crippen LogP contribution is -2.60. The maximum Gasteiger partial charge on any atom is 0.171 e. The van der Waals surface area contributed by atoms with Crippen molar-refractivity contribution in [2.75, 3.05) is 6.61 Å². The third kappa shape index (κ3) is 7.28. The predicted octanol–water partition coefficient (Wildman–Crippen LogP) is 6.45. The first-order valence-electron chi connectivity index (χ1n) is 13.5. The zero-order chi connectivity index (χ0) is 25.3. The van der Waals surface area contributed by atoms with E-state index in [1.54, 1.807) is 0 Å². The predicted molar refractivity (Wildman–Crippen MR) is 143 cm³/mol. The molecule has 5 heteroatoms. The van der Waals surface area contributed by atoms with E-state index in [2.05, 4.69) is 43.3 Å². The second kappa shape index (κ2) is 12.8. The van der Waals surface area contributed by atoms with Crippen LogP contribution in [-0.2, 0) is 43.5 Å². The molecule has 0 radical (unpaired) electrons. The fourth-order valence-electron chi connectivity index (χ4n) is 5.34. The van der Waals surface area contributed by atoms with E-state index in [4.69, 9.17) is 23.7 Å². The number of rotatable bonds is 10. The highest BCUT2D eigenvalue weighted by atomic mass is 16.7. The maximum absolute atomic E-state index is 6.75. The molecule has 0 bridgehead atoms. The minimum Gasteiger partial charge on any atom is -0.374 e. The molecule has 2 aliphatic heterocycles. The summed E-state index contributed by atoms with van der Waals surface area (Å²) in [7, 11) is 0. The standard InChI is InChI=1S/C32H38O5/c1-25-12-11-19-32(36-25)20-29(34-22-27-15-7-3-8-16-27)31(35-23-28-17-9-4-10-18-28)30(37-32)24-33-21-26-13-5-2-6-14-26/h2-10,13-18,25,29-31H,11-12,19-24H2,1H3/t25-,29+,30+,31-,32-/m0/s1. The van der Waals surface area contributed by atoms with Crippen molar-refractivity contribution in [2.24, 2.45) is 0 Å². The summed E-state index contributed by atoms with van der Waals surface area (Å²) in [4.78, 5) is 0. The van der Waals surface area contributed by atoms with Crippen molar-refractivity contribution in [1.82, 2.24) is 0 Å². The lowest BCUT2D eigenvalue weighted by molar-refractivity contribution is -0.357. The Hall–Kier alpha value is -2.54. The highest BCUT2D eigenvalue weighted by molar-refractivity contribution is 5.15. The smallest absolute Gasteiger partial charge is 0.171 e. The third-order valence-electron chi connectivity index (χ3n) is 7.18. The molecule has 37 heavy (non-hydrogen) atoms. The first-order valence-corrected chi connectivity index (χ1v) is 13.5. The Bertz CT molecular complexity index is 1060. The normalized spacial score (nSPS) is 27.8. The van der Waals surface area contributed by atoms with Gasteiger partial charge in [-0.05, 0) is 36.5 Å². The van der Waals surface area contributed by atoms with E-state index in [1.807, 2.05) is 54.6 Å². The van der Waals surface area contributed by atoms with Crippen LogP contribution in [0.15, 0.2) is 91.0 Å². The van der Waals surface area contributed by atoms with Gasteiger partial charge in [-0.15, -0.1) is 0 Å². The van der Waals surface area contributed by atoms with Crippen LogP contribution in [0.3, 0.4) is 0 Å². The molecule has 2 fully saturated rings. The number of hydrogen-bond acceptors (Lipinski definition) is 5. The Labute approximate surface area is 220 Å². The number of ether oxygens (including phenoxy) is 5. The summed E-state index contributed by atoms with van der Waals surface area (Å²) in [5.74, 6) is -0.674. The Morgan fingerprint density at radius 2 is 1.30 bits per heavy atom. The second-order valence-corrected chi connectivity index (χ2v) is 10.2. The molecule has 2 saturated heterocycles. The largest absolute Gasteiger partial charge is 0.374 e. The Morgan fingerprint density at radius 1 is 0.730 bits per heavy atom. The van der Waals surface area contributed by atoms with Gasteiger partial charge in [0.2, 0.25) is 0 Å². The topological polar surface area (TPSA) is 46.2 Å². The van der Waals surface area contributed by atoms with Crippen LogP contribution in [0.25, 0.3) is 0 Å². The highest BCUT2D eigenvalue weighted by Crippen LogP contribution is 2.41. The number of benzene rings is 3. The van der Waals surface area contributed by atoms with Crippen molar-refractivity contribution >= 4 is 0 Å². The van der Waals surface area contributed by atoms with Crippen molar-refractivity contribution in [3.8, 4) is 0 Å².